The normalized spacial score (nSPS) is 31.7. The minimum Gasteiger partial charge on any atom is -0.478 e. The van der Waals surface area contributed by atoms with Crippen LogP contribution in [0.1, 0.15) is 39.5 Å². The monoisotopic (exact) mass is 250 g/mol. The van der Waals surface area contributed by atoms with Gasteiger partial charge in [0.2, 0.25) is 0 Å². The number of allylic oxidation sites excluding steroid dienone is 3. The summed E-state index contributed by atoms with van der Waals surface area (Å²) < 4.78 is 0. The molecule has 0 bridgehead atoms. The van der Waals surface area contributed by atoms with E-state index in [0.29, 0.717) is 6.42 Å². The maximum Gasteiger partial charge on any atom is 0.331 e. The van der Waals surface area contributed by atoms with Crippen LogP contribution < -0.4 is 0 Å². The molecule has 0 unspecified atom stereocenters. The summed E-state index contributed by atoms with van der Waals surface area (Å²) in [6.45, 7) is 7.61. The number of carboxylic acid groups (broad SMARTS) is 1. The van der Waals surface area contributed by atoms with Crippen molar-refractivity contribution in [1.82, 2.24) is 0 Å². The first-order valence-electron chi connectivity index (χ1n) is 6.35. The average molecular weight is 250 g/mol. The Balaban J connectivity index is 2.94. The van der Waals surface area contributed by atoms with Gasteiger partial charge in [-0.1, -0.05) is 29.9 Å². The zero-order valence-electron chi connectivity index (χ0n) is 11.1. The number of aliphatic carboxylic acids is 1. The minimum absolute atomic E-state index is 0.0972. The van der Waals surface area contributed by atoms with E-state index in [1.165, 1.54) is 5.57 Å². The molecule has 2 N–H and O–H groups in total. The number of aliphatic hydroxyl groups is 1. The molecule has 3 nitrogen and oxygen atoms in total. The fourth-order valence-corrected chi connectivity index (χ4v) is 2.23. The van der Waals surface area contributed by atoms with Gasteiger partial charge in [-0.25, -0.2) is 4.79 Å². The van der Waals surface area contributed by atoms with E-state index in [0.717, 1.165) is 24.8 Å². The Labute approximate surface area is 109 Å². The second kappa shape index (κ2) is 6.55. The summed E-state index contributed by atoms with van der Waals surface area (Å²) in [6.07, 6.45) is 6.52. The molecule has 0 saturated heterocycles. The molecule has 1 aliphatic carbocycles. The molecule has 0 heterocycles. The van der Waals surface area contributed by atoms with Gasteiger partial charge in [0.15, 0.2) is 0 Å². The fraction of sp³-hybridized carbons (Fsp3) is 0.533. The van der Waals surface area contributed by atoms with Gasteiger partial charge in [-0.05, 0) is 39.5 Å². The maximum atomic E-state index is 11.0. The maximum absolute atomic E-state index is 11.0. The van der Waals surface area contributed by atoms with Crippen LogP contribution in [0.3, 0.4) is 0 Å². The summed E-state index contributed by atoms with van der Waals surface area (Å²) in [5.74, 6) is -1.43. The van der Waals surface area contributed by atoms with Gasteiger partial charge < -0.3 is 10.2 Å². The van der Waals surface area contributed by atoms with E-state index in [-0.39, 0.29) is 5.57 Å². The molecular formula is C15H22O3. The lowest BCUT2D eigenvalue weighted by atomic mass is 9.86. The van der Waals surface area contributed by atoms with Crippen molar-refractivity contribution in [2.45, 2.75) is 45.6 Å². The van der Waals surface area contributed by atoms with Gasteiger partial charge >= 0.3 is 5.97 Å². The smallest absolute Gasteiger partial charge is 0.331 e. The molecule has 18 heavy (non-hydrogen) atoms. The van der Waals surface area contributed by atoms with Crippen molar-refractivity contribution >= 4 is 5.97 Å². The van der Waals surface area contributed by atoms with Crippen molar-refractivity contribution in [3.63, 3.8) is 0 Å². The Bertz CT molecular complexity index is 391. The molecule has 0 aromatic carbocycles. The Hall–Kier alpha value is -1.35. The number of rotatable bonds is 2. The molecule has 1 rings (SSSR count). The van der Waals surface area contributed by atoms with Crippen molar-refractivity contribution < 1.29 is 15.0 Å². The fourth-order valence-electron chi connectivity index (χ4n) is 2.23. The Morgan fingerprint density at radius 2 is 2.00 bits per heavy atom. The zero-order chi connectivity index (χ0) is 13.7. The summed E-state index contributed by atoms with van der Waals surface area (Å²) in [5, 5.41) is 19.2. The number of carbonyl (C=O) groups is 1. The number of aliphatic hydroxyl groups excluding tert-OH is 1. The third-order valence-corrected chi connectivity index (χ3v) is 3.47. The second-order valence-electron chi connectivity index (χ2n) is 5.07. The van der Waals surface area contributed by atoms with E-state index in [1.54, 1.807) is 6.08 Å². The van der Waals surface area contributed by atoms with Gasteiger partial charge in [0.1, 0.15) is 0 Å². The van der Waals surface area contributed by atoms with E-state index < -0.39 is 18.0 Å². The predicted molar refractivity (Wildman–Crippen MR) is 72.3 cm³/mol. The van der Waals surface area contributed by atoms with E-state index in [9.17, 15) is 9.90 Å². The van der Waals surface area contributed by atoms with Crippen molar-refractivity contribution in [3.05, 3.63) is 35.5 Å². The topological polar surface area (TPSA) is 57.5 Å². The molecule has 2 atom stereocenters. The molecular weight excluding hydrogens is 228 g/mol. The minimum atomic E-state index is -1.02. The molecule has 0 aromatic heterocycles. The highest BCUT2D eigenvalue weighted by molar-refractivity contribution is 5.86. The van der Waals surface area contributed by atoms with Crippen LogP contribution >= 0.6 is 0 Å². The first-order valence-corrected chi connectivity index (χ1v) is 6.35. The van der Waals surface area contributed by atoms with Crippen molar-refractivity contribution in [2.24, 2.45) is 5.92 Å². The molecule has 1 aliphatic rings. The summed E-state index contributed by atoms with van der Waals surface area (Å²) in [7, 11) is 0. The van der Waals surface area contributed by atoms with Crippen LogP contribution in [0.5, 0.6) is 0 Å². The van der Waals surface area contributed by atoms with Crippen LogP contribution in [0.15, 0.2) is 35.5 Å². The quantitative estimate of drug-likeness (QED) is 0.585. The largest absolute Gasteiger partial charge is 0.478 e. The van der Waals surface area contributed by atoms with Gasteiger partial charge in [0, 0.05) is 11.5 Å². The highest BCUT2D eigenvalue weighted by Gasteiger charge is 2.25. The Kier molecular flexibility index (Phi) is 5.35. The number of hydrogen-bond acceptors (Lipinski definition) is 2. The summed E-state index contributed by atoms with van der Waals surface area (Å²) >= 11 is 0. The summed E-state index contributed by atoms with van der Waals surface area (Å²) in [4.78, 5) is 11.0. The van der Waals surface area contributed by atoms with E-state index >= 15 is 0 Å². The zero-order valence-corrected chi connectivity index (χ0v) is 11.1. The first kappa shape index (κ1) is 14.7. The third kappa shape index (κ3) is 4.15. The van der Waals surface area contributed by atoms with Crippen molar-refractivity contribution in [1.29, 1.82) is 0 Å². The molecule has 0 radical (unpaired) electrons. The van der Waals surface area contributed by atoms with Crippen LogP contribution in [0.25, 0.3) is 0 Å². The van der Waals surface area contributed by atoms with E-state index in [2.05, 4.69) is 12.7 Å². The van der Waals surface area contributed by atoms with Crippen LogP contribution in [0.2, 0.25) is 0 Å². The SMILES string of the molecule is C=C(C(=O)O)[C@@H]1CC/C(C)=C/CC/C(C)=C/[C@H]1O. The molecule has 0 aromatic rings. The van der Waals surface area contributed by atoms with Gasteiger partial charge in [0.25, 0.3) is 0 Å². The van der Waals surface area contributed by atoms with E-state index in [4.69, 9.17) is 5.11 Å². The van der Waals surface area contributed by atoms with Gasteiger partial charge in [-0.15, -0.1) is 0 Å². The molecule has 0 aliphatic heterocycles. The van der Waals surface area contributed by atoms with Gasteiger partial charge in [-0.2, -0.15) is 0 Å². The third-order valence-electron chi connectivity index (χ3n) is 3.47. The molecule has 100 valence electrons. The van der Waals surface area contributed by atoms with Gasteiger partial charge in [0.05, 0.1) is 6.10 Å². The molecule has 0 saturated carbocycles. The van der Waals surface area contributed by atoms with Crippen molar-refractivity contribution in [2.75, 3.05) is 0 Å². The summed E-state index contributed by atoms with van der Waals surface area (Å²) in [6, 6.07) is 0. The predicted octanol–water partition coefficient (Wildman–Crippen LogP) is 3.07. The van der Waals surface area contributed by atoms with E-state index in [1.807, 2.05) is 13.8 Å². The van der Waals surface area contributed by atoms with Crippen LogP contribution in [0.4, 0.5) is 0 Å². The molecule has 0 fully saturated rings. The molecule has 3 heteroatoms. The van der Waals surface area contributed by atoms with Crippen molar-refractivity contribution in [3.8, 4) is 0 Å². The number of hydrogen-bond donors (Lipinski definition) is 2. The molecule has 0 amide bonds. The lowest BCUT2D eigenvalue weighted by Gasteiger charge is -2.22. The second-order valence-corrected chi connectivity index (χ2v) is 5.07. The van der Waals surface area contributed by atoms with Crippen LogP contribution in [-0.4, -0.2) is 22.3 Å². The highest BCUT2D eigenvalue weighted by Crippen LogP contribution is 2.26. The Morgan fingerprint density at radius 1 is 1.33 bits per heavy atom. The number of carboxylic acids is 1. The Morgan fingerprint density at radius 3 is 2.61 bits per heavy atom. The van der Waals surface area contributed by atoms with Crippen LogP contribution in [0, 0.1) is 5.92 Å². The van der Waals surface area contributed by atoms with Gasteiger partial charge in [-0.3, -0.25) is 0 Å². The first-order chi connectivity index (χ1) is 8.41. The lowest BCUT2D eigenvalue weighted by molar-refractivity contribution is -0.133. The molecule has 0 spiro atoms. The van der Waals surface area contributed by atoms with Crippen LogP contribution in [-0.2, 0) is 4.79 Å². The highest BCUT2D eigenvalue weighted by atomic mass is 16.4. The summed E-state index contributed by atoms with van der Waals surface area (Å²) in [5.41, 5.74) is 2.44. The standard InChI is InChI=1S/C15H22O3/c1-10-5-4-6-11(2)9-14(16)13(8-7-10)12(3)15(17)18/h5,9,13-14,16H,3-4,6-8H2,1-2H3,(H,17,18)/b10-5+,11-9+/t13-,14+/m0/s1. The average Bonchev–Trinajstić information content (AvgIpc) is 2.27. The lowest BCUT2D eigenvalue weighted by Crippen LogP contribution is -2.24.